The van der Waals surface area contributed by atoms with Crippen LogP contribution in [0.15, 0.2) is 41.7 Å². The molecule has 2 rings (SSSR count). The molecule has 6 nitrogen and oxygen atoms in total. The van der Waals surface area contributed by atoms with Gasteiger partial charge in [0.2, 0.25) is 0 Å². The maximum Gasteiger partial charge on any atom is 0.264 e. The molecule has 0 bridgehead atoms. The van der Waals surface area contributed by atoms with Crippen molar-refractivity contribution in [2.24, 2.45) is 0 Å². The second kappa shape index (κ2) is 4.57. The molecule has 0 aromatic carbocycles. The number of rotatable bonds is 3. The van der Waals surface area contributed by atoms with Gasteiger partial charge >= 0.3 is 0 Å². The third kappa shape index (κ3) is 2.54. The summed E-state index contributed by atoms with van der Waals surface area (Å²) < 4.78 is 38.9. The summed E-state index contributed by atoms with van der Waals surface area (Å²) in [5, 5.41) is 0. The van der Waals surface area contributed by atoms with E-state index in [0.717, 1.165) is 18.5 Å². The quantitative estimate of drug-likeness (QED) is 0.865. The molecule has 0 aliphatic rings. The number of sulfonamides is 1. The van der Waals surface area contributed by atoms with E-state index in [0.29, 0.717) is 0 Å². The summed E-state index contributed by atoms with van der Waals surface area (Å²) in [5.74, 6) is -0.756. The van der Waals surface area contributed by atoms with Crippen LogP contribution in [0.25, 0.3) is 0 Å². The molecule has 0 spiro atoms. The number of halogens is 1. The number of aromatic nitrogens is 2. The van der Waals surface area contributed by atoms with Crippen molar-refractivity contribution in [3.63, 3.8) is 0 Å². The van der Waals surface area contributed by atoms with E-state index in [1.807, 2.05) is 0 Å². The van der Waals surface area contributed by atoms with Crippen molar-refractivity contribution >= 4 is 21.5 Å². The number of hydrogen-bond donors (Lipinski definition) is 2. The van der Waals surface area contributed by atoms with Gasteiger partial charge in [-0.2, -0.15) is 0 Å². The predicted molar refractivity (Wildman–Crippen MR) is 63.7 cm³/mol. The predicted octanol–water partition coefficient (Wildman–Crippen LogP) is 0.999. The van der Waals surface area contributed by atoms with Crippen LogP contribution >= 0.6 is 0 Å². The van der Waals surface area contributed by atoms with Crippen molar-refractivity contribution in [3.8, 4) is 0 Å². The average molecular weight is 268 g/mol. The normalized spacial score (nSPS) is 11.2. The third-order valence-electron chi connectivity index (χ3n) is 2.06. The fraction of sp³-hybridized carbons (Fsp3) is 0. The molecule has 0 radical (unpaired) electrons. The number of pyridine rings is 2. The number of nitrogens with one attached hydrogen (secondary N) is 1. The highest BCUT2D eigenvalue weighted by molar-refractivity contribution is 7.92. The van der Waals surface area contributed by atoms with Crippen LogP contribution in [-0.4, -0.2) is 18.4 Å². The van der Waals surface area contributed by atoms with Crippen LogP contribution in [0.5, 0.6) is 0 Å². The minimum absolute atomic E-state index is 0.0123. The first-order chi connectivity index (χ1) is 8.49. The molecule has 0 saturated carbocycles. The Balaban J connectivity index is 2.37. The summed E-state index contributed by atoms with van der Waals surface area (Å²) in [6.45, 7) is 0. The molecule has 0 aliphatic heterocycles. The second-order valence-electron chi connectivity index (χ2n) is 3.39. The van der Waals surface area contributed by atoms with E-state index in [-0.39, 0.29) is 16.4 Å². The zero-order chi connectivity index (χ0) is 13.2. The number of hydrogen-bond acceptors (Lipinski definition) is 5. The molecule has 0 aliphatic carbocycles. The summed E-state index contributed by atoms with van der Waals surface area (Å²) in [5.41, 5.74) is 5.73. The highest BCUT2D eigenvalue weighted by Crippen LogP contribution is 2.18. The van der Waals surface area contributed by atoms with Crippen LogP contribution < -0.4 is 10.5 Å². The lowest BCUT2D eigenvalue weighted by molar-refractivity contribution is 0.592. The zero-order valence-corrected chi connectivity index (χ0v) is 9.86. The molecule has 8 heteroatoms. The van der Waals surface area contributed by atoms with Crippen molar-refractivity contribution in [1.29, 1.82) is 0 Å². The molecule has 3 N–H and O–H groups in total. The molecule has 94 valence electrons. The first kappa shape index (κ1) is 12.2. The van der Waals surface area contributed by atoms with Crippen LogP contribution in [0.1, 0.15) is 0 Å². The van der Waals surface area contributed by atoms with Gasteiger partial charge in [0.15, 0.2) is 5.82 Å². The zero-order valence-electron chi connectivity index (χ0n) is 9.04. The summed E-state index contributed by atoms with van der Waals surface area (Å²) in [4.78, 5) is 6.95. The monoisotopic (exact) mass is 268 g/mol. The third-order valence-corrected chi connectivity index (χ3v) is 3.37. The Kier molecular flexibility index (Phi) is 3.11. The maximum absolute atomic E-state index is 12.9. The molecule has 2 heterocycles. The minimum atomic E-state index is -3.95. The first-order valence-corrected chi connectivity index (χ1v) is 6.31. The van der Waals surface area contributed by atoms with Crippen LogP contribution in [-0.2, 0) is 10.0 Å². The largest absolute Gasteiger partial charge is 0.396 e. The lowest BCUT2D eigenvalue weighted by Crippen LogP contribution is -2.15. The molecule has 0 amide bonds. The summed E-state index contributed by atoms with van der Waals surface area (Å²) in [6.07, 6.45) is 3.33. The Bertz CT molecular complexity index is 675. The van der Waals surface area contributed by atoms with Gasteiger partial charge in [0, 0.05) is 12.4 Å². The Labute approximate surface area is 103 Å². The van der Waals surface area contributed by atoms with Gasteiger partial charge in [-0.1, -0.05) is 0 Å². The summed E-state index contributed by atoms with van der Waals surface area (Å²) >= 11 is 0. The van der Waals surface area contributed by atoms with E-state index < -0.39 is 15.8 Å². The minimum Gasteiger partial charge on any atom is -0.396 e. The molecule has 18 heavy (non-hydrogen) atoms. The van der Waals surface area contributed by atoms with Crippen LogP contribution in [0.4, 0.5) is 15.9 Å². The molecular formula is C10H9FN4O2S. The van der Waals surface area contributed by atoms with E-state index >= 15 is 0 Å². The lowest BCUT2D eigenvalue weighted by Gasteiger charge is -2.08. The molecule has 0 unspecified atom stereocenters. The number of anilines is 2. The Morgan fingerprint density at radius 2 is 2.11 bits per heavy atom. The standard InChI is InChI=1S/C10H9FN4O2S/c11-7-4-8(6-13-5-7)18(16,17)15-10-9(12)2-1-3-14-10/h1-6H,12H2,(H,14,15). The van der Waals surface area contributed by atoms with Crippen molar-refractivity contribution < 1.29 is 12.8 Å². The van der Waals surface area contributed by atoms with Crippen molar-refractivity contribution in [1.82, 2.24) is 9.97 Å². The number of nitrogen functional groups attached to an aromatic ring is 1. The average Bonchev–Trinajstić information content (AvgIpc) is 2.32. The summed E-state index contributed by atoms with van der Waals surface area (Å²) in [7, 11) is -3.95. The van der Waals surface area contributed by atoms with E-state index in [9.17, 15) is 12.8 Å². The molecule has 0 saturated heterocycles. The SMILES string of the molecule is Nc1cccnc1NS(=O)(=O)c1cncc(F)c1. The van der Waals surface area contributed by atoms with Crippen LogP contribution in [0.3, 0.4) is 0 Å². The van der Waals surface area contributed by atoms with E-state index in [1.54, 1.807) is 6.07 Å². The molecule has 0 fully saturated rings. The Morgan fingerprint density at radius 3 is 2.78 bits per heavy atom. The topological polar surface area (TPSA) is 98.0 Å². The molecule has 2 aromatic rings. The fourth-order valence-corrected chi connectivity index (χ4v) is 2.24. The van der Waals surface area contributed by atoms with E-state index in [2.05, 4.69) is 14.7 Å². The Morgan fingerprint density at radius 1 is 1.33 bits per heavy atom. The summed E-state index contributed by atoms with van der Waals surface area (Å²) in [6, 6.07) is 3.92. The van der Waals surface area contributed by atoms with Gasteiger partial charge < -0.3 is 5.73 Å². The lowest BCUT2D eigenvalue weighted by atomic mass is 10.4. The van der Waals surface area contributed by atoms with Gasteiger partial charge in [0.25, 0.3) is 10.0 Å². The number of nitrogens with two attached hydrogens (primary N) is 1. The first-order valence-electron chi connectivity index (χ1n) is 4.83. The molecule has 0 atom stereocenters. The second-order valence-corrected chi connectivity index (χ2v) is 5.07. The highest BCUT2D eigenvalue weighted by atomic mass is 32.2. The highest BCUT2D eigenvalue weighted by Gasteiger charge is 2.17. The Hall–Kier alpha value is -2.22. The van der Waals surface area contributed by atoms with Gasteiger partial charge in [-0.05, 0) is 18.2 Å². The van der Waals surface area contributed by atoms with Gasteiger partial charge in [-0.25, -0.2) is 17.8 Å². The molecule has 2 aromatic heterocycles. The van der Waals surface area contributed by atoms with Crippen LogP contribution in [0, 0.1) is 5.82 Å². The van der Waals surface area contributed by atoms with E-state index in [4.69, 9.17) is 5.73 Å². The molecular weight excluding hydrogens is 259 g/mol. The van der Waals surface area contributed by atoms with Crippen molar-refractivity contribution in [3.05, 3.63) is 42.6 Å². The fourth-order valence-electron chi connectivity index (χ4n) is 1.23. The van der Waals surface area contributed by atoms with E-state index in [1.165, 1.54) is 12.3 Å². The van der Waals surface area contributed by atoms with Gasteiger partial charge in [-0.15, -0.1) is 0 Å². The van der Waals surface area contributed by atoms with Crippen LogP contribution in [0.2, 0.25) is 0 Å². The van der Waals surface area contributed by atoms with Crippen molar-refractivity contribution in [2.75, 3.05) is 10.5 Å². The number of nitrogens with zero attached hydrogens (tertiary/aromatic N) is 2. The van der Waals surface area contributed by atoms with Crippen molar-refractivity contribution in [2.45, 2.75) is 4.90 Å². The maximum atomic E-state index is 12.9. The van der Waals surface area contributed by atoms with Gasteiger partial charge in [0.1, 0.15) is 10.7 Å². The smallest absolute Gasteiger partial charge is 0.264 e. The van der Waals surface area contributed by atoms with Gasteiger partial charge in [-0.3, -0.25) is 9.71 Å². The van der Waals surface area contributed by atoms with Gasteiger partial charge in [0.05, 0.1) is 11.9 Å².